The van der Waals surface area contributed by atoms with E-state index in [1.807, 2.05) is 30.3 Å². The van der Waals surface area contributed by atoms with Crippen LogP contribution in [-0.2, 0) is 4.79 Å². The molecule has 6 heteroatoms. The minimum atomic E-state index is -0.887. The van der Waals surface area contributed by atoms with Gasteiger partial charge in [0.05, 0.1) is 9.65 Å². The van der Waals surface area contributed by atoms with Crippen LogP contribution in [0.2, 0.25) is 0 Å². The molecular weight excluding hydrogens is 536 g/mol. The van der Waals surface area contributed by atoms with E-state index in [4.69, 9.17) is 0 Å². The van der Waals surface area contributed by atoms with Gasteiger partial charge in [0.25, 0.3) is 0 Å². The number of hydrogen-bond donors (Lipinski definition) is 0. The van der Waals surface area contributed by atoms with Gasteiger partial charge in [-0.2, -0.15) is 0 Å². The third-order valence-corrected chi connectivity index (χ3v) is 5.79. The molecule has 1 rings (SSSR count). The third kappa shape index (κ3) is 4.19. The fourth-order valence-electron chi connectivity index (χ4n) is 1.10. The second-order valence-corrected chi connectivity index (χ2v) is 11.8. The highest BCUT2D eigenvalue weighted by atomic mass is 80.0. The first-order valence-electron chi connectivity index (χ1n) is 4.28. The van der Waals surface area contributed by atoms with Crippen molar-refractivity contribution in [2.75, 3.05) is 0 Å². The number of hydrogen-bond acceptors (Lipinski definition) is 1. The first-order chi connectivity index (χ1) is 7.34. The molecule has 1 nitrogen and oxygen atoms in total. The second-order valence-electron chi connectivity index (χ2n) is 3.08. The highest BCUT2D eigenvalue weighted by Crippen LogP contribution is 2.41. The van der Waals surface area contributed by atoms with Crippen molar-refractivity contribution in [3.8, 4) is 0 Å². The molecule has 0 aliphatic carbocycles. The SMILES string of the molecule is O=C(C(Br)C(Br)c1ccccc1)C(Br)(Br)Br. The van der Waals surface area contributed by atoms with Crippen LogP contribution in [-0.4, -0.2) is 12.8 Å². The molecule has 0 aliphatic heterocycles. The molecule has 1 aromatic rings. The maximum absolute atomic E-state index is 12.0. The van der Waals surface area contributed by atoms with Gasteiger partial charge in [0, 0.05) is 0 Å². The molecule has 0 spiro atoms. The van der Waals surface area contributed by atoms with Gasteiger partial charge in [-0.25, -0.2) is 0 Å². The second kappa shape index (κ2) is 6.45. The topological polar surface area (TPSA) is 17.1 Å². The van der Waals surface area contributed by atoms with Gasteiger partial charge in [0.15, 0.2) is 7.93 Å². The number of carbonyl (C=O) groups excluding carboxylic acids is 1. The maximum Gasteiger partial charge on any atom is 0.193 e. The lowest BCUT2D eigenvalue weighted by atomic mass is 10.1. The summed E-state index contributed by atoms with van der Waals surface area (Å²) in [6.45, 7) is 0. The minimum absolute atomic E-state index is 0.0433. The Morgan fingerprint density at radius 3 is 2.00 bits per heavy atom. The van der Waals surface area contributed by atoms with Crippen molar-refractivity contribution < 1.29 is 4.79 Å². The molecule has 0 fully saturated rings. The van der Waals surface area contributed by atoms with E-state index in [0.717, 1.165) is 5.56 Å². The molecule has 2 unspecified atom stereocenters. The Balaban J connectivity index is 2.83. The van der Waals surface area contributed by atoms with Gasteiger partial charge in [-0.05, 0) is 5.56 Å². The van der Waals surface area contributed by atoms with Crippen LogP contribution < -0.4 is 0 Å². The zero-order valence-electron chi connectivity index (χ0n) is 7.84. The molecule has 0 aromatic heterocycles. The normalized spacial score (nSPS) is 15.6. The molecule has 2 atom stereocenters. The molecule has 0 bridgehead atoms. The summed E-state index contributed by atoms with van der Waals surface area (Å²) < 4.78 is -0.887. The number of halogens is 5. The molecule has 16 heavy (non-hydrogen) atoms. The van der Waals surface area contributed by atoms with Gasteiger partial charge < -0.3 is 0 Å². The van der Waals surface area contributed by atoms with Crippen LogP contribution in [0.1, 0.15) is 10.4 Å². The summed E-state index contributed by atoms with van der Waals surface area (Å²) >= 11 is 16.6. The summed E-state index contributed by atoms with van der Waals surface area (Å²) in [5.41, 5.74) is 1.05. The highest BCUT2D eigenvalue weighted by Gasteiger charge is 2.37. The molecule has 88 valence electrons. The zero-order chi connectivity index (χ0) is 12.3. The Morgan fingerprint density at radius 2 is 1.56 bits per heavy atom. The van der Waals surface area contributed by atoms with E-state index in [9.17, 15) is 4.79 Å². The Morgan fingerprint density at radius 1 is 1.06 bits per heavy atom. The average molecular weight is 543 g/mol. The Hall–Kier alpha value is 1.29. The number of alkyl halides is 5. The van der Waals surface area contributed by atoms with Gasteiger partial charge in [0.1, 0.15) is 0 Å². The third-order valence-electron chi connectivity index (χ3n) is 1.90. The molecule has 0 saturated carbocycles. The first-order valence-corrected chi connectivity index (χ1v) is 8.49. The van der Waals surface area contributed by atoms with Crippen molar-refractivity contribution in [2.45, 2.75) is 11.8 Å². The lowest BCUT2D eigenvalue weighted by Crippen LogP contribution is -2.29. The number of benzene rings is 1. The smallest absolute Gasteiger partial charge is 0.193 e. The van der Waals surface area contributed by atoms with Gasteiger partial charge in [-0.3, -0.25) is 4.79 Å². The fraction of sp³-hybridized carbons (Fsp3) is 0.300. The van der Waals surface area contributed by atoms with Crippen LogP contribution in [0.4, 0.5) is 0 Å². The molecule has 0 aliphatic rings. The standard InChI is InChI=1S/C10H7Br5O/c11-7(6-4-2-1-3-5-6)8(12)9(16)10(13,14)15/h1-5,7-8H. The summed E-state index contributed by atoms with van der Waals surface area (Å²) in [4.78, 5) is 11.5. The zero-order valence-corrected chi connectivity index (χ0v) is 15.8. The van der Waals surface area contributed by atoms with Gasteiger partial charge in [-0.1, -0.05) is 110 Å². The number of Topliss-reactive ketones (excluding diaryl/α,β-unsaturated/α-hetero) is 1. The Kier molecular flexibility index (Phi) is 6.19. The van der Waals surface area contributed by atoms with Crippen molar-refractivity contribution in [1.29, 1.82) is 0 Å². The lowest BCUT2D eigenvalue weighted by Gasteiger charge is -2.20. The summed E-state index contributed by atoms with van der Waals surface area (Å²) in [6.07, 6.45) is 0. The number of ketones is 1. The maximum atomic E-state index is 12.0. The fourth-order valence-corrected chi connectivity index (χ4v) is 3.95. The van der Waals surface area contributed by atoms with Gasteiger partial charge in [0.2, 0.25) is 0 Å². The molecule has 0 saturated heterocycles. The monoisotopic (exact) mass is 538 g/mol. The van der Waals surface area contributed by atoms with E-state index in [-0.39, 0.29) is 15.4 Å². The summed E-state index contributed by atoms with van der Waals surface area (Å²) in [6, 6.07) is 9.77. The van der Waals surface area contributed by atoms with Crippen molar-refractivity contribution in [2.24, 2.45) is 0 Å². The predicted molar refractivity (Wildman–Crippen MR) is 85.3 cm³/mol. The van der Waals surface area contributed by atoms with Crippen LogP contribution in [0.5, 0.6) is 0 Å². The van der Waals surface area contributed by atoms with E-state index in [0.29, 0.717) is 0 Å². The van der Waals surface area contributed by atoms with E-state index in [2.05, 4.69) is 79.6 Å². The average Bonchev–Trinajstić information content (AvgIpc) is 2.26. The Labute approximate surface area is 136 Å². The molecule has 1 aromatic carbocycles. The Bertz CT molecular complexity index is 359. The highest BCUT2D eigenvalue weighted by molar-refractivity contribution is 9.40. The summed E-state index contributed by atoms with van der Waals surface area (Å²) in [7, 11) is 0. The molecular formula is C10H7Br5O. The molecule has 0 amide bonds. The van der Waals surface area contributed by atoms with Crippen molar-refractivity contribution in [3.05, 3.63) is 35.9 Å². The quantitative estimate of drug-likeness (QED) is 0.475. The van der Waals surface area contributed by atoms with Crippen molar-refractivity contribution >= 4 is 85.4 Å². The summed E-state index contributed by atoms with van der Waals surface area (Å²) in [5.74, 6) is -0.0433. The molecule has 0 N–H and O–H groups in total. The van der Waals surface area contributed by atoms with Crippen molar-refractivity contribution in [1.82, 2.24) is 0 Å². The first kappa shape index (κ1) is 15.3. The van der Waals surface area contributed by atoms with Crippen LogP contribution in [0.25, 0.3) is 0 Å². The van der Waals surface area contributed by atoms with Crippen LogP contribution in [0.15, 0.2) is 30.3 Å². The minimum Gasteiger partial charge on any atom is -0.295 e. The largest absolute Gasteiger partial charge is 0.295 e. The van der Waals surface area contributed by atoms with Gasteiger partial charge in [-0.15, -0.1) is 0 Å². The predicted octanol–water partition coefficient (Wildman–Crippen LogP) is 5.29. The number of carbonyl (C=O) groups is 1. The van der Waals surface area contributed by atoms with Gasteiger partial charge >= 0.3 is 0 Å². The lowest BCUT2D eigenvalue weighted by molar-refractivity contribution is -0.116. The van der Waals surface area contributed by atoms with E-state index < -0.39 is 2.14 Å². The molecule has 0 radical (unpaired) electrons. The van der Waals surface area contributed by atoms with Crippen LogP contribution in [0.3, 0.4) is 0 Å². The number of rotatable bonds is 3. The van der Waals surface area contributed by atoms with Crippen LogP contribution >= 0.6 is 79.6 Å². The van der Waals surface area contributed by atoms with E-state index in [1.54, 1.807) is 0 Å². The van der Waals surface area contributed by atoms with Crippen molar-refractivity contribution in [3.63, 3.8) is 0 Å². The molecule has 0 heterocycles. The summed E-state index contributed by atoms with van der Waals surface area (Å²) in [5, 5.41) is 0. The van der Waals surface area contributed by atoms with Crippen LogP contribution in [0, 0.1) is 0 Å². The van der Waals surface area contributed by atoms with E-state index in [1.165, 1.54) is 0 Å². The van der Waals surface area contributed by atoms with E-state index >= 15 is 0 Å².